The summed E-state index contributed by atoms with van der Waals surface area (Å²) in [5.41, 5.74) is 2.46. The molecule has 1 aromatic rings. The number of hydrogen-bond donors (Lipinski definition) is 1. The van der Waals surface area contributed by atoms with Gasteiger partial charge in [-0.05, 0) is 49.1 Å². The summed E-state index contributed by atoms with van der Waals surface area (Å²) in [6.07, 6.45) is 3.39. The van der Waals surface area contributed by atoms with Gasteiger partial charge < -0.3 is 5.32 Å². The van der Waals surface area contributed by atoms with E-state index in [0.29, 0.717) is 6.04 Å². The molecule has 0 radical (unpaired) electrons. The first-order chi connectivity index (χ1) is 7.24. The van der Waals surface area contributed by atoms with Gasteiger partial charge in [0.25, 0.3) is 0 Å². The summed E-state index contributed by atoms with van der Waals surface area (Å²) in [5.74, 6) is 0. The van der Waals surface area contributed by atoms with Gasteiger partial charge in [-0.25, -0.2) is 0 Å². The van der Waals surface area contributed by atoms with Gasteiger partial charge in [0.05, 0.1) is 0 Å². The molecule has 0 aliphatic heterocycles. The molecule has 1 unspecified atom stereocenters. The standard InChI is InChI=1S/C12H15Cl2N/c1-2-15-11-5-3-4-8-9(13)6-7-10(14)12(8)11/h6-7,11,15H,2-5H2,1H3. The Bertz CT molecular complexity index is 363. The van der Waals surface area contributed by atoms with Crippen molar-refractivity contribution in [3.63, 3.8) is 0 Å². The van der Waals surface area contributed by atoms with E-state index < -0.39 is 0 Å². The Morgan fingerprint density at radius 1 is 1.33 bits per heavy atom. The Balaban J connectivity index is 2.45. The molecule has 0 saturated heterocycles. The number of hydrogen-bond acceptors (Lipinski definition) is 1. The van der Waals surface area contributed by atoms with Crippen molar-refractivity contribution in [2.75, 3.05) is 6.54 Å². The van der Waals surface area contributed by atoms with Crippen LogP contribution in [0.1, 0.15) is 36.9 Å². The first-order valence-electron chi connectivity index (χ1n) is 5.44. The molecule has 1 aliphatic rings. The molecule has 0 heterocycles. The highest BCUT2D eigenvalue weighted by Crippen LogP contribution is 2.38. The first kappa shape index (κ1) is 11.3. The van der Waals surface area contributed by atoms with Crippen LogP contribution < -0.4 is 5.32 Å². The van der Waals surface area contributed by atoms with E-state index in [1.54, 1.807) is 0 Å². The molecule has 0 fully saturated rings. The van der Waals surface area contributed by atoms with Crippen LogP contribution in [0, 0.1) is 0 Å². The Morgan fingerprint density at radius 2 is 2.07 bits per heavy atom. The zero-order valence-corrected chi connectivity index (χ0v) is 10.3. The fraction of sp³-hybridized carbons (Fsp3) is 0.500. The number of nitrogens with one attached hydrogen (secondary N) is 1. The molecule has 15 heavy (non-hydrogen) atoms. The number of rotatable bonds is 2. The SMILES string of the molecule is CCNC1CCCc2c(Cl)ccc(Cl)c21. The molecule has 82 valence electrons. The highest BCUT2D eigenvalue weighted by Gasteiger charge is 2.23. The van der Waals surface area contributed by atoms with Crippen molar-refractivity contribution in [2.45, 2.75) is 32.2 Å². The first-order valence-corrected chi connectivity index (χ1v) is 6.19. The lowest BCUT2D eigenvalue weighted by Gasteiger charge is -2.27. The van der Waals surface area contributed by atoms with Gasteiger partial charge in [0.2, 0.25) is 0 Å². The summed E-state index contributed by atoms with van der Waals surface area (Å²) in [6, 6.07) is 4.18. The van der Waals surface area contributed by atoms with Crippen LogP contribution >= 0.6 is 23.2 Å². The molecule has 1 aromatic carbocycles. The molecule has 0 bridgehead atoms. The maximum Gasteiger partial charge on any atom is 0.0457 e. The van der Waals surface area contributed by atoms with Crippen molar-refractivity contribution in [2.24, 2.45) is 0 Å². The van der Waals surface area contributed by atoms with Crippen LogP contribution in [0.25, 0.3) is 0 Å². The van der Waals surface area contributed by atoms with Crippen LogP contribution in [0.15, 0.2) is 12.1 Å². The van der Waals surface area contributed by atoms with Crippen molar-refractivity contribution < 1.29 is 0 Å². The van der Waals surface area contributed by atoms with E-state index in [1.165, 1.54) is 17.5 Å². The van der Waals surface area contributed by atoms with Crippen LogP contribution in [-0.4, -0.2) is 6.54 Å². The Labute approximate surface area is 101 Å². The van der Waals surface area contributed by atoms with E-state index in [9.17, 15) is 0 Å². The van der Waals surface area contributed by atoms with Crippen molar-refractivity contribution in [1.29, 1.82) is 0 Å². The predicted molar refractivity (Wildman–Crippen MR) is 65.8 cm³/mol. The van der Waals surface area contributed by atoms with Gasteiger partial charge >= 0.3 is 0 Å². The van der Waals surface area contributed by atoms with E-state index in [1.807, 2.05) is 12.1 Å². The highest BCUT2D eigenvalue weighted by molar-refractivity contribution is 6.34. The quantitative estimate of drug-likeness (QED) is 0.829. The minimum Gasteiger partial charge on any atom is -0.310 e. The summed E-state index contributed by atoms with van der Waals surface area (Å²) in [7, 11) is 0. The van der Waals surface area contributed by atoms with Crippen LogP contribution in [0.2, 0.25) is 10.0 Å². The van der Waals surface area contributed by atoms with Gasteiger partial charge in [0.1, 0.15) is 0 Å². The lowest BCUT2D eigenvalue weighted by molar-refractivity contribution is 0.472. The molecule has 1 nitrogen and oxygen atoms in total. The third kappa shape index (κ3) is 2.15. The number of halogens is 2. The van der Waals surface area contributed by atoms with E-state index >= 15 is 0 Å². The Kier molecular flexibility index (Phi) is 3.55. The zero-order chi connectivity index (χ0) is 10.8. The van der Waals surface area contributed by atoms with Gasteiger partial charge in [-0.1, -0.05) is 30.1 Å². The van der Waals surface area contributed by atoms with Crippen LogP contribution in [0.5, 0.6) is 0 Å². The summed E-state index contributed by atoms with van der Waals surface area (Å²) in [6.45, 7) is 3.08. The van der Waals surface area contributed by atoms with Crippen molar-refractivity contribution in [3.8, 4) is 0 Å². The van der Waals surface area contributed by atoms with Crippen molar-refractivity contribution in [3.05, 3.63) is 33.3 Å². The number of fused-ring (bicyclic) bond motifs is 1. The monoisotopic (exact) mass is 243 g/mol. The average Bonchev–Trinajstić information content (AvgIpc) is 2.24. The molecule has 0 spiro atoms. The molecule has 3 heteroatoms. The van der Waals surface area contributed by atoms with Crippen LogP contribution in [0.3, 0.4) is 0 Å². The van der Waals surface area contributed by atoms with E-state index in [4.69, 9.17) is 23.2 Å². The highest BCUT2D eigenvalue weighted by atomic mass is 35.5. The molecule has 1 N–H and O–H groups in total. The lowest BCUT2D eigenvalue weighted by Crippen LogP contribution is -2.25. The summed E-state index contributed by atoms with van der Waals surface area (Å²) in [4.78, 5) is 0. The molecular formula is C12H15Cl2N. The third-order valence-corrected chi connectivity index (χ3v) is 3.65. The molecule has 0 aromatic heterocycles. The van der Waals surface area contributed by atoms with Gasteiger partial charge in [0, 0.05) is 16.1 Å². The van der Waals surface area contributed by atoms with Crippen LogP contribution in [0.4, 0.5) is 0 Å². The molecular weight excluding hydrogens is 229 g/mol. The van der Waals surface area contributed by atoms with Gasteiger partial charge in [0.15, 0.2) is 0 Å². The average molecular weight is 244 g/mol. The van der Waals surface area contributed by atoms with Gasteiger partial charge in [-0.3, -0.25) is 0 Å². The summed E-state index contributed by atoms with van der Waals surface area (Å²) < 4.78 is 0. The topological polar surface area (TPSA) is 12.0 Å². The molecule has 1 atom stereocenters. The fourth-order valence-electron chi connectivity index (χ4n) is 2.32. The Hall–Kier alpha value is -0.240. The van der Waals surface area contributed by atoms with Gasteiger partial charge in [-0.15, -0.1) is 0 Å². The third-order valence-electron chi connectivity index (χ3n) is 2.97. The zero-order valence-electron chi connectivity index (χ0n) is 8.82. The second-order valence-corrected chi connectivity index (χ2v) is 4.74. The predicted octanol–water partition coefficient (Wildman–Crippen LogP) is 3.98. The smallest absolute Gasteiger partial charge is 0.0457 e. The number of benzene rings is 1. The maximum atomic E-state index is 6.25. The second kappa shape index (κ2) is 4.73. The van der Waals surface area contributed by atoms with Crippen molar-refractivity contribution >= 4 is 23.2 Å². The fourth-order valence-corrected chi connectivity index (χ4v) is 2.89. The normalized spacial score (nSPS) is 20.1. The lowest BCUT2D eigenvalue weighted by atomic mass is 9.87. The molecule has 2 rings (SSSR count). The molecule has 1 aliphatic carbocycles. The second-order valence-electron chi connectivity index (χ2n) is 3.92. The van der Waals surface area contributed by atoms with Crippen LogP contribution in [-0.2, 0) is 6.42 Å². The van der Waals surface area contributed by atoms with Gasteiger partial charge in [-0.2, -0.15) is 0 Å². The minimum atomic E-state index is 0.380. The van der Waals surface area contributed by atoms with E-state index in [0.717, 1.165) is 29.4 Å². The Morgan fingerprint density at radius 3 is 2.80 bits per heavy atom. The van der Waals surface area contributed by atoms with Crippen molar-refractivity contribution in [1.82, 2.24) is 5.32 Å². The summed E-state index contributed by atoms with van der Waals surface area (Å²) >= 11 is 12.4. The molecule has 0 amide bonds. The maximum absolute atomic E-state index is 6.25. The van der Waals surface area contributed by atoms with E-state index in [2.05, 4.69) is 12.2 Å². The minimum absolute atomic E-state index is 0.380. The largest absolute Gasteiger partial charge is 0.310 e. The molecule has 0 saturated carbocycles. The van der Waals surface area contributed by atoms with E-state index in [-0.39, 0.29) is 0 Å². The summed E-state index contributed by atoms with van der Waals surface area (Å²) in [5, 5.41) is 5.17.